The monoisotopic (exact) mass is 478 g/mol. The molecule has 2 aromatic rings. The van der Waals surface area contributed by atoms with E-state index in [4.69, 9.17) is 16.3 Å². The number of aryl methyl sites for hydroxylation is 1. The normalized spacial score (nSPS) is 19.0. The van der Waals surface area contributed by atoms with Gasteiger partial charge in [-0.05, 0) is 49.7 Å². The zero-order chi connectivity index (χ0) is 23.0. The average Bonchev–Trinajstić information content (AvgIpc) is 2.77. The van der Waals surface area contributed by atoms with Crippen LogP contribution in [0, 0.1) is 6.92 Å². The number of fused-ring (bicyclic) bond motifs is 1. The first kappa shape index (κ1) is 22.4. The number of rotatable bonds is 3. The quantitative estimate of drug-likeness (QED) is 0.705. The van der Waals surface area contributed by atoms with Crippen LogP contribution < -0.4 is 15.4 Å². The molecule has 3 amide bonds. The van der Waals surface area contributed by atoms with Crippen molar-refractivity contribution >= 4 is 44.9 Å². The summed E-state index contributed by atoms with van der Waals surface area (Å²) >= 11 is 6.10. The number of urea groups is 1. The topological polar surface area (TPSA) is 108 Å². The lowest BCUT2D eigenvalue weighted by atomic mass is 10.2. The summed E-state index contributed by atoms with van der Waals surface area (Å²) in [4.78, 5) is 26.0. The van der Waals surface area contributed by atoms with E-state index >= 15 is 0 Å². The first-order valence-electron chi connectivity index (χ1n) is 10.1. The summed E-state index contributed by atoms with van der Waals surface area (Å²) in [6, 6.07) is 9.33. The number of anilines is 2. The molecule has 0 spiro atoms. The zero-order valence-corrected chi connectivity index (χ0v) is 19.2. The molecule has 2 N–H and O–H groups in total. The summed E-state index contributed by atoms with van der Waals surface area (Å²) in [5.41, 5.74) is 1.81. The van der Waals surface area contributed by atoms with E-state index < -0.39 is 16.1 Å². The minimum atomic E-state index is -3.79. The van der Waals surface area contributed by atoms with Crippen molar-refractivity contribution in [3.05, 3.63) is 47.0 Å². The molecule has 4 rings (SSSR count). The predicted molar refractivity (Wildman–Crippen MR) is 121 cm³/mol. The SMILES string of the molecule is Cc1ccc(NC(=O)N2CCN(S(=O)(=O)c3ccc4c(c3)NC(=O)[C@H](C)O4)CC2)cc1Cl. The number of nitrogens with zero attached hydrogens (tertiary/aromatic N) is 2. The van der Waals surface area contributed by atoms with Crippen LogP contribution in [0.3, 0.4) is 0 Å². The van der Waals surface area contributed by atoms with Crippen LogP contribution in [0.1, 0.15) is 12.5 Å². The van der Waals surface area contributed by atoms with E-state index in [1.165, 1.54) is 22.5 Å². The van der Waals surface area contributed by atoms with Crippen molar-refractivity contribution in [2.45, 2.75) is 24.8 Å². The molecule has 2 aliphatic heterocycles. The fraction of sp³-hybridized carbons (Fsp3) is 0.333. The van der Waals surface area contributed by atoms with E-state index in [-0.39, 0.29) is 43.0 Å². The number of sulfonamides is 1. The van der Waals surface area contributed by atoms with Crippen LogP contribution in [0.25, 0.3) is 0 Å². The Morgan fingerprint density at radius 1 is 1.16 bits per heavy atom. The number of ether oxygens (including phenoxy) is 1. The molecule has 2 aliphatic rings. The van der Waals surface area contributed by atoms with E-state index in [0.29, 0.717) is 22.1 Å². The van der Waals surface area contributed by atoms with Gasteiger partial charge in [0.25, 0.3) is 5.91 Å². The van der Waals surface area contributed by atoms with Gasteiger partial charge in [0.05, 0.1) is 10.6 Å². The summed E-state index contributed by atoms with van der Waals surface area (Å²) in [6.45, 7) is 4.28. The molecule has 0 bridgehead atoms. The summed E-state index contributed by atoms with van der Waals surface area (Å²) < 4.78 is 33.0. The molecule has 2 aromatic carbocycles. The van der Waals surface area contributed by atoms with Crippen LogP contribution in [0.15, 0.2) is 41.3 Å². The van der Waals surface area contributed by atoms with Gasteiger partial charge in [-0.25, -0.2) is 13.2 Å². The van der Waals surface area contributed by atoms with E-state index in [9.17, 15) is 18.0 Å². The third-order valence-electron chi connectivity index (χ3n) is 5.47. The highest BCUT2D eigenvalue weighted by Gasteiger charge is 2.32. The van der Waals surface area contributed by atoms with Gasteiger partial charge in [0.15, 0.2) is 6.10 Å². The molecule has 0 saturated carbocycles. The first-order chi connectivity index (χ1) is 15.1. The number of piperazine rings is 1. The largest absolute Gasteiger partial charge is 0.479 e. The fourth-order valence-corrected chi connectivity index (χ4v) is 5.13. The lowest BCUT2D eigenvalue weighted by Gasteiger charge is -2.34. The van der Waals surface area contributed by atoms with Crippen molar-refractivity contribution < 1.29 is 22.7 Å². The lowest BCUT2D eigenvalue weighted by Crippen LogP contribution is -2.51. The van der Waals surface area contributed by atoms with E-state index in [2.05, 4.69) is 10.6 Å². The number of hydrogen-bond donors (Lipinski definition) is 2. The van der Waals surface area contributed by atoms with Gasteiger partial charge in [-0.3, -0.25) is 4.79 Å². The zero-order valence-electron chi connectivity index (χ0n) is 17.6. The Kier molecular flexibility index (Phi) is 6.02. The number of nitrogens with one attached hydrogen (secondary N) is 2. The van der Waals surface area contributed by atoms with Crippen LogP contribution in [-0.2, 0) is 14.8 Å². The molecule has 0 aliphatic carbocycles. The van der Waals surface area contributed by atoms with Crippen molar-refractivity contribution in [2.24, 2.45) is 0 Å². The Labute approximate surface area is 191 Å². The number of benzene rings is 2. The Bertz CT molecular complexity index is 1180. The Hall–Kier alpha value is -2.82. The maximum Gasteiger partial charge on any atom is 0.321 e. The van der Waals surface area contributed by atoms with Gasteiger partial charge in [0, 0.05) is 36.9 Å². The molecular weight excluding hydrogens is 456 g/mol. The number of carbonyl (C=O) groups is 2. The van der Waals surface area contributed by atoms with Crippen molar-refractivity contribution in [3.63, 3.8) is 0 Å². The molecule has 2 heterocycles. The maximum absolute atomic E-state index is 13.1. The molecule has 0 radical (unpaired) electrons. The summed E-state index contributed by atoms with van der Waals surface area (Å²) in [5.74, 6) is 0.0929. The number of carbonyl (C=O) groups excluding carboxylic acids is 2. The van der Waals surface area contributed by atoms with Crippen LogP contribution in [0.5, 0.6) is 5.75 Å². The summed E-state index contributed by atoms with van der Waals surface area (Å²) in [6.07, 6.45) is -0.639. The van der Waals surface area contributed by atoms with Gasteiger partial charge in [-0.15, -0.1) is 0 Å². The van der Waals surface area contributed by atoms with Gasteiger partial charge in [-0.2, -0.15) is 4.31 Å². The molecular formula is C21H23ClN4O5S. The van der Waals surface area contributed by atoms with Crippen molar-refractivity contribution in [3.8, 4) is 5.75 Å². The number of hydrogen-bond acceptors (Lipinski definition) is 5. The Morgan fingerprint density at radius 3 is 2.56 bits per heavy atom. The van der Waals surface area contributed by atoms with E-state index in [1.54, 1.807) is 24.0 Å². The third kappa shape index (κ3) is 4.38. The molecule has 1 fully saturated rings. The molecule has 0 aromatic heterocycles. The van der Waals surface area contributed by atoms with Crippen molar-refractivity contribution in [1.29, 1.82) is 0 Å². The van der Waals surface area contributed by atoms with Gasteiger partial charge >= 0.3 is 6.03 Å². The van der Waals surface area contributed by atoms with Gasteiger partial charge in [-0.1, -0.05) is 17.7 Å². The van der Waals surface area contributed by atoms with Gasteiger partial charge in [0.1, 0.15) is 5.75 Å². The smallest absolute Gasteiger partial charge is 0.321 e. The van der Waals surface area contributed by atoms with Gasteiger partial charge < -0.3 is 20.3 Å². The van der Waals surface area contributed by atoms with Crippen LogP contribution in [0.2, 0.25) is 5.02 Å². The first-order valence-corrected chi connectivity index (χ1v) is 11.9. The van der Waals surface area contributed by atoms with E-state index in [0.717, 1.165) is 5.56 Å². The second-order valence-electron chi connectivity index (χ2n) is 7.69. The Morgan fingerprint density at radius 2 is 1.88 bits per heavy atom. The fourth-order valence-electron chi connectivity index (χ4n) is 3.50. The van der Waals surface area contributed by atoms with Crippen LogP contribution in [-0.4, -0.2) is 61.8 Å². The predicted octanol–water partition coefficient (Wildman–Crippen LogP) is 2.91. The lowest BCUT2D eigenvalue weighted by molar-refractivity contribution is -0.122. The van der Waals surface area contributed by atoms with E-state index in [1.807, 2.05) is 13.0 Å². The Balaban J connectivity index is 1.41. The highest BCUT2D eigenvalue weighted by molar-refractivity contribution is 7.89. The second kappa shape index (κ2) is 8.61. The number of halogens is 1. The molecule has 9 nitrogen and oxygen atoms in total. The van der Waals surface area contributed by atoms with Crippen LogP contribution >= 0.6 is 11.6 Å². The minimum Gasteiger partial charge on any atom is -0.479 e. The highest BCUT2D eigenvalue weighted by atomic mass is 35.5. The molecule has 0 unspecified atom stereocenters. The minimum absolute atomic E-state index is 0.0573. The summed E-state index contributed by atoms with van der Waals surface area (Å²) in [5, 5.41) is 6.00. The highest BCUT2D eigenvalue weighted by Crippen LogP contribution is 2.33. The van der Waals surface area contributed by atoms with Crippen LogP contribution in [0.4, 0.5) is 16.2 Å². The molecule has 1 saturated heterocycles. The molecule has 1 atom stereocenters. The van der Waals surface area contributed by atoms with Gasteiger partial charge in [0.2, 0.25) is 10.0 Å². The second-order valence-corrected chi connectivity index (χ2v) is 10.0. The maximum atomic E-state index is 13.1. The molecule has 11 heteroatoms. The average molecular weight is 479 g/mol. The van der Waals surface area contributed by atoms with Crippen molar-refractivity contribution in [2.75, 3.05) is 36.8 Å². The van der Waals surface area contributed by atoms with Crippen molar-refractivity contribution in [1.82, 2.24) is 9.21 Å². The third-order valence-corrected chi connectivity index (χ3v) is 7.77. The standard InChI is InChI=1S/C21H23ClN4O5S/c1-13-3-4-15(11-17(13)22)23-21(28)25-7-9-26(10-8-25)32(29,30)16-5-6-19-18(12-16)24-20(27)14(2)31-19/h3-6,11-12,14H,7-10H2,1-2H3,(H,23,28)(H,24,27)/t14-/m0/s1. The number of amides is 3. The molecule has 170 valence electrons. The summed E-state index contributed by atoms with van der Waals surface area (Å²) in [7, 11) is -3.79. The molecule has 32 heavy (non-hydrogen) atoms.